The van der Waals surface area contributed by atoms with Gasteiger partial charge in [-0.1, -0.05) is 58.4 Å². The van der Waals surface area contributed by atoms with E-state index in [-0.39, 0.29) is 41.0 Å². The molecular formula is C30H34BrN3O4S. The van der Waals surface area contributed by atoms with Gasteiger partial charge in [-0.3, -0.25) is 14.4 Å². The third-order valence-corrected chi connectivity index (χ3v) is 11.6. The van der Waals surface area contributed by atoms with Crippen LogP contribution >= 0.6 is 27.7 Å². The zero-order chi connectivity index (χ0) is 28.1. The zero-order valence-corrected chi connectivity index (χ0v) is 24.6. The van der Waals surface area contributed by atoms with Crippen LogP contribution in [0.5, 0.6) is 0 Å². The molecule has 2 aromatic rings. The molecule has 0 saturated carbocycles. The molecule has 1 spiro atoms. The molecule has 39 heavy (non-hydrogen) atoms. The highest BCUT2D eigenvalue weighted by molar-refractivity contribution is 9.09. The molecule has 0 radical (unpaired) electrons. The monoisotopic (exact) mass is 611 g/mol. The number of carbonyl (C=O) groups excluding carboxylic acids is 3. The second-order valence-electron chi connectivity index (χ2n) is 10.7. The van der Waals surface area contributed by atoms with E-state index in [0.29, 0.717) is 18.7 Å². The fourth-order valence-corrected chi connectivity index (χ4v) is 10.3. The summed E-state index contributed by atoms with van der Waals surface area (Å²) in [5.41, 5.74) is 0.716. The molecule has 7 atom stereocenters. The first-order chi connectivity index (χ1) is 18.7. The van der Waals surface area contributed by atoms with Gasteiger partial charge in [-0.25, -0.2) is 0 Å². The first-order valence-electron chi connectivity index (χ1n) is 13.2. The Bertz CT molecular complexity index is 1340. The summed E-state index contributed by atoms with van der Waals surface area (Å²) in [5, 5.41) is 12.1. The lowest BCUT2D eigenvalue weighted by atomic mass is 9.70. The van der Waals surface area contributed by atoms with E-state index in [4.69, 9.17) is 0 Å². The molecule has 0 aliphatic carbocycles. The van der Waals surface area contributed by atoms with Crippen LogP contribution in [0.1, 0.15) is 13.3 Å². The summed E-state index contributed by atoms with van der Waals surface area (Å²) in [4.78, 5) is 47.3. The van der Waals surface area contributed by atoms with Gasteiger partial charge in [0.1, 0.15) is 6.04 Å². The molecule has 3 heterocycles. The van der Waals surface area contributed by atoms with Crippen LogP contribution in [0.4, 0.5) is 5.69 Å². The Balaban J connectivity index is 1.60. The highest BCUT2D eigenvalue weighted by atomic mass is 79.9. The minimum atomic E-state index is -0.832. The number of carbonyl (C=O) groups is 3. The topological polar surface area (TPSA) is 81.2 Å². The number of anilines is 1. The van der Waals surface area contributed by atoms with E-state index in [1.54, 1.807) is 52.6 Å². The number of benzene rings is 2. The number of halogens is 1. The number of amides is 3. The van der Waals surface area contributed by atoms with Crippen LogP contribution in [0, 0.1) is 11.8 Å². The Labute approximate surface area is 242 Å². The van der Waals surface area contributed by atoms with E-state index >= 15 is 0 Å². The molecule has 3 aliphatic rings. The number of likely N-dealkylation sites (N-methyl/N-ethyl adjacent to an activating group) is 1. The van der Waals surface area contributed by atoms with Gasteiger partial charge in [-0.05, 0) is 36.2 Å². The lowest BCUT2D eigenvalue weighted by molar-refractivity contribution is -0.144. The fourth-order valence-electron chi connectivity index (χ4n) is 6.67. The SMILES string of the molecule is C=CCN(C)C(=O)[C@H]1[C@@H]2SC3(CC2Br)C(C(=O)N(CC=C)c2ccc4ccccc4c2)N([C@H](C)CO)C(=O)[C@H]13. The van der Waals surface area contributed by atoms with Crippen LogP contribution < -0.4 is 4.90 Å². The van der Waals surface area contributed by atoms with Crippen LogP contribution in [0.2, 0.25) is 0 Å². The number of fused-ring (bicyclic) bond motifs is 2. The average Bonchev–Trinajstić information content (AvgIpc) is 3.53. The first-order valence-corrected chi connectivity index (χ1v) is 15.0. The maximum Gasteiger partial charge on any atom is 0.251 e. The maximum atomic E-state index is 14.7. The third-order valence-electron chi connectivity index (χ3n) is 8.39. The first kappa shape index (κ1) is 27.9. The molecule has 206 valence electrons. The van der Waals surface area contributed by atoms with Crippen molar-refractivity contribution in [2.24, 2.45) is 11.8 Å². The van der Waals surface area contributed by atoms with Gasteiger partial charge < -0.3 is 19.8 Å². The molecule has 0 aromatic heterocycles. The number of aliphatic hydroxyl groups is 1. The molecule has 2 bridgehead atoms. The van der Waals surface area contributed by atoms with Crippen LogP contribution in [-0.4, -0.2) is 86.3 Å². The van der Waals surface area contributed by atoms with Crippen molar-refractivity contribution in [3.8, 4) is 0 Å². The van der Waals surface area contributed by atoms with Crippen molar-refractivity contribution in [3.05, 3.63) is 67.8 Å². The molecule has 3 fully saturated rings. The van der Waals surface area contributed by atoms with Gasteiger partial charge in [0.05, 0.1) is 29.2 Å². The normalized spacial score (nSPS) is 29.8. The van der Waals surface area contributed by atoms with E-state index in [9.17, 15) is 19.5 Å². The Morgan fingerprint density at radius 2 is 1.87 bits per heavy atom. The van der Waals surface area contributed by atoms with Gasteiger partial charge >= 0.3 is 0 Å². The number of nitrogens with zero attached hydrogens (tertiary/aromatic N) is 3. The number of likely N-dealkylation sites (tertiary alicyclic amines) is 1. The molecule has 2 aromatic carbocycles. The van der Waals surface area contributed by atoms with Crippen molar-refractivity contribution in [2.75, 3.05) is 31.6 Å². The van der Waals surface area contributed by atoms with E-state index < -0.39 is 28.7 Å². The van der Waals surface area contributed by atoms with Crippen molar-refractivity contribution >= 4 is 61.9 Å². The highest BCUT2D eigenvalue weighted by Gasteiger charge is 2.76. The van der Waals surface area contributed by atoms with Gasteiger partial charge in [-0.15, -0.1) is 24.9 Å². The third kappa shape index (κ3) is 4.33. The number of hydrogen-bond acceptors (Lipinski definition) is 5. The van der Waals surface area contributed by atoms with Crippen LogP contribution in [0.15, 0.2) is 67.8 Å². The minimum Gasteiger partial charge on any atom is -0.394 e. The summed E-state index contributed by atoms with van der Waals surface area (Å²) in [5.74, 6) is -1.77. The fraction of sp³-hybridized carbons (Fsp3) is 0.433. The summed E-state index contributed by atoms with van der Waals surface area (Å²) in [6.07, 6.45) is 3.93. The average molecular weight is 613 g/mol. The highest BCUT2D eigenvalue weighted by Crippen LogP contribution is 2.68. The smallest absolute Gasteiger partial charge is 0.251 e. The summed E-state index contributed by atoms with van der Waals surface area (Å²) in [6.45, 7) is 9.76. The lowest BCUT2D eigenvalue weighted by Crippen LogP contribution is -2.57. The van der Waals surface area contributed by atoms with Gasteiger partial charge in [0.15, 0.2) is 0 Å². The second kappa shape index (κ2) is 10.7. The summed E-state index contributed by atoms with van der Waals surface area (Å²) < 4.78 is -0.790. The Kier molecular flexibility index (Phi) is 7.70. The van der Waals surface area contributed by atoms with Crippen molar-refractivity contribution < 1.29 is 19.5 Å². The van der Waals surface area contributed by atoms with Crippen LogP contribution in [-0.2, 0) is 14.4 Å². The van der Waals surface area contributed by atoms with E-state index in [1.807, 2.05) is 42.5 Å². The number of alkyl halides is 1. The van der Waals surface area contributed by atoms with E-state index in [0.717, 1.165) is 10.8 Å². The standard InChI is InChI=1S/C30H34BrN3O4S/c1-5-13-32(4)27(36)23-24-28(37)34(18(3)17-35)26(30(24)16-22(31)25(23)39-30)29(38)33(14-6-2)21-12-11-19-9-7-8-10-20(19)15-21/h5-12,15,18,22-26,35H,1-2,13-14,16-17H2,3-4H3/t18-,22?,23-,24+,25-,26?,30?/m1/s1. The van der Waals surface area contributed by atoms with Gasteiger partial charge in [0, 0.05) is 35.9 Å². The van der Waals surface area contributed by atoms with Crippen molar-refractivity contribution in [2.45, 2.75) is 40.3 Å². The number of rotatable bonds is 9. The predicted octanol–water partition coefficient (Wildman–Crippen LogP) is 3.85. The quantitative estimate of drug-likeness (QED) is 0.344. The Morgan fingerprint density at radius 3 is 2.54 bits per heavy atom. The number of aliphatic hydroxyl groups excluding tert-OH is 1. The summed E-state index contributed by atoms with van der Waals surface area (Å²) in [7, 11) is 1.72. The number of thioether (sulfide) groups is 1. The summed E-state index contributed by atoms with van der Waals surface area (Å²) >= 11 is 5.40. The van der Waals surface area contributed by atoms with Gasteiger partial charge in [0.2, 0.25) is 11.8 Å². The van der Waals surface area contributed by atoms with Gasteiger partial charge in [0.25, 0.3) is 5.91 Å². The second-order valence-corrected chi connectivity index (χ2v) is 13.4. The van der Waals surface area contributed by atoms with Gasteiger partial charge in [-0.2, -0.15) is 0 Å². The maximum absolute atomic E-state index is 14.7. The van der Waals surface area contributed by atoms with Crippen molar-refractivity contribution in [1.82, 2.24) is 9.80 Å². The molecule has 5 rings (SSSR count). The molecule has 3 unspecified atom stereocenters. The van der Waals surface area contributed by atoms with Crippen molar-refractivity contribution in [1.29, 1.82) is 0 Å². The molecule has 3 amide bonds. The van der Waals surface area contributed by atoms with E-state index in [1.165, 1.54) is 0 Å². The molecule has 1 N–H and O–H groups in total. The lowest BCUT2D eigenvalue weighted by Gasteiger charge is -2.39. The molecule has 3 aliphatic heterocycles. The predicted molar refractivity (Wildman–Crippen MR) is 160 cm³/mol. The zero-order valence-electron chi connectivity index (χ0n) is 22.2. The van der Waals surface area contributed by atoms with Crippen molar-refractivity contribution in [3.63, 3.8) is 0 Å². The van der Waals surface area contributed by atoms with Crippen LogP contribution in [0.3, 0.4) is 0 Å². The Morgan fingerprint density at radius 1 is 1.18 bits per heavy atom. The Hall–Kier alpha value is -2.62. The number of hydrogen-bond donors (Lipinski definition) is 1. The molecule has 9 heteroatoms. The minimum absolute atomic E-state index is 0.0224. The largest absolute Gasteiger partial charge is 0.394 e. The summed E-state index contributed by atoms with van der Waals surface area (Å²) in [6, 6.07) is 12.4. The molecular weight excluding hydrogens is 578 g/mol. The van der Waals surface area contributed by atoms with Crippen LogP contribution in [0.25, 0.3) is 10.8 Å². The molecule has 7 nitrogen and oxygen atoms in total. The van der Waals surface area contributed by atoms with E-state index in [2.05, 4.69) is 29.1 Å². The molecule has 3 saturated heterocycles.